The van der Waals surface area contributed by atoms with Crippen LogP contribution in [0.25, 0.3) is 0 Å². The van der Waals surface area contributed by atoms with Crippen LogP contribution in [-0.4, -0.2) is 28.4 Å². The van der Waals surface area contributed by atoms with Crippen molar-refractivity contribution >= 4 is 17.4 Å². The molecule has 1 aromatic heterocycles. The lowest BCUT2D eigenvalue weighted by Crippen LogP contribution is -2.21. The van der Waals surface area contributed by atoms with E-state index in [0.29, 0.717) is 0 Å². The van der Waals surface area contributed by atoms with Gasteiger partial charge in [-0.1, -0.05) is 0 Å². The maximum Gasteiger partial charge on any atom is 0.132 e. The second-order valence-electron chi connectivity index (χ2n) is 3.29. The van der Waals surface area contributed by atoms with Crippen LogP contribution in [0, 0.1) is 6.92 Å². The minimum absolute atomic E-state index is 0.273. The summed E-state index contributed by atoms with van der Waals surface area (Å²) < 4.78 is 0. The number of aryl methyl sites for hydroxylation is 1. The highest BCUT2D eigenvalue weighted by molar-refractivity contribution is 6.21. The van der Waals surface area contributed by atoms with Gasteiger partial charge in [-0.2, -0.15) is 0 Å². The molecule has 0 radical (unpaired) electrons. The minimum Gasteiger partial charge on any atom is -0.355 e. The third-order valence-electron chi connectivity index (χ3n) is 2.22. The van der Waals surface area contributed by atoms with Gasteiger partial charge in [0.2, 0.25) is 0 Å². The summed E-state index contributed by atoms with van der Waals surface area (Å²) in [7, 11) is 0. The Bertz CT molecular complexity index is 303. The predicted molar refractivity (Wildman–Crippen MR) is 53.2 cm³/mol. The van der Waals surface area contributed by atoms with E-state index < -0.39 is 0 Å². The van der Waals surface area contributed by atoms with Crippen LogP contribution in [0.4, 0.5) is 5.82 Å². The van der Waals surface area contributed by atoms with E-state index in [1.165, 1.54) is 0 Å². The van der Waals surface area contributed by atoms with Gasteiger partial charge in [0.05, 0.1) is 5.38 Å². The molecule has 0 N–H and O–H groups in total. The Morgan fingerprint density at radius 3 is 3.08 bits per heavy atom. The molecule has 4 heteroatoms. The average Bonchev–Trinajstić information content (AvgIpc) is 2.52. The number of hydrogen-bond donors (Lipinski definition) is 0. The van der Waals surface area contributed by atoms with E-state index in [-0.39, 0.29) is 5.38 Å². The molecule has 0 amide bonds. The maximum absolute atomic E-state index is 6.01. The maximum atomic E-state index is 6.01. The molecule has 1 aromatic rings. The van der Waals surface area contributed by atoms with Crippen molar-refractivity contribution in [3.63, 3.8) is 0 Å². The van der Waals surface area contributed by atoms with Gasteiger partial charge in [0.1, 0.15) is 11.6 Å². The van der Waals surface area contributed by atoms with Crippen LogP contribution in [0.1, 0.15) is 12.2 Å². The van der Waals surface area contributed by atoms with E-state index in [1.54, 1.807) is 6.20 Å². The third kappa shape index (κ3) is 1.91. The minimum atomic E-state index is 0.273. The van der Waals surface area contributed by atoms with Crippen molar-refractivity contribution in [1.29, 1.82) is 0 Å². The van der Waals surface area contributed by atoms with Crippen molar-refractivity contribution in [2.45, 2.75) is 18.7 Å². The summed E-state index contributed by atoms with van der Waals surface area (Å²) in [4.78, 5) is 10.6. The number of hydrogen-bond acceptors (Lipinski definition) is 3. The normalized spacial score (nSPS) is 22.3. The van der Waals surface area contributed by atoms with Crippen molar-refractivity contribution in [1.82, 2.24) is 9.97 Å². The summed E-state index contributed by atoms with van der Waals surface area (Å²) in [6.45, 7) is 3.81. The first-order valence-electron chi connectivity index (χ1n) is 4.44. The number of anilines is 1. The Morgan fingerprint density at radius 1 is 1.62 bits per heavy atom. The van der Waals surface area contributed by atoms with Crippen molar-refractivity contribution in [2.24, 2.45) is 0 Å². The Kier molecular flexibility index (Phi) is 2.36. The van der Waals surface area contributed by atoms with Gasteiger partial charge in [0.25, 0.3) is 0 Å². The molecule has 70 valence electrons. The summed E-state index contributed by atoms with van der Waals surface area (Å²) in [6.07, 6.45) is 2.84. The monoisotopic (exact) mass is 197 g/mol. The highest BCUT2D eigenvalue weighted by atomic mass is 35.5. The summed E-state index contributed by atoms with van der Waals surface area (Å²) >= 11 is 6.01. The van der Waals surface area contributed by atoms with Gasteiger partial charge < -0.3 is 4.90 Å². The largest absolute Gasteiger partial charge is 0.355 e. The lowest BCUT2D eigenvalue weighted by atomic mass is 10.4. The first-order chi connectivity index (χ1) is 6.25. The van der Waals surface area contributed by atoms with Crippen LogP contribution in [0.2, 0.25) is 0 Å². The van der Waals surface area contributed by atoms with E-state index >= 15 is 0 Å². The fraction of sp³-hybridized carbons (Fsp3) is 0.556. The highest BCUT2D eigenvalue weighted by Gasteiger charge is 2.21. The van der Waals surface area contributed by atoms with Crippen LogP contribution >= 0.6 is 11.6 Å². The quantitative estimate of drug-likeness (QED) is 0.641. The van der Waals surface area contributed by atoms with Crippen LogP contribution in [0.5, 0.6) is 0 Å². The molecular weight excluding hydrogens is 186 g/mol. The molecule has 0 aromatic carbocycles. The SMILES string of the molecule is Cc1nccc(N2CCC(Cl)C2)n1. The molecule has 13 heavy (non-hydrogen) atoms. The molecule has 0 spiro atoms. The van der Waals surface area contributed by atoms with E-state index in [9.17, 15) is 0 Å². The van der Waals surface area contributed by atoms with Crippen LogP contribution in [0.15, 0.2) is 12.3 Å². The summed E-state index contributed by atoms with van der Waals surface area (Å²) in [5.74, 6) is 1.81. The first-order valence-corrected chi connectivity index (χ1v) is 4.88. The first kappa shape index (κ1) is 8.75. The molecular formula is C9H12ClN3. The summed E-state index contributed by atoms with van der Waals surface area (Å²) in [5, 5.41) is 0.273. The fourth-order valence-electron chi connectivity index (χ4n) is 1.55. The number of aromatic nitrogens is 2. The molecule has 2 heterocycles. The standard InChI is InChI=1S/C9H12ClN3/c1-7-11-4-2-9(12-7)13-5-3-8(10)6-13/h2,4,8H,3,5-6H2,1H3. The van der Waals surface area contributed by atoms with E-state index in [2.05, 4.69) is 14.9 Å². The molecule has 1 unspecified atom stereocenters. The zero-order valence-electron chi connectivity index (χ0n) is 7.57. The zero-order chi connectivity index (χ0) is 9.26. The van der Waals surface area contributed by atoms with E-state index in [0.717, 1.165) is 31.2 Å². The average molecular weight is 198 g/mol. The number of halogens is 1. The molecule has 1 aliphatic heterocycles. The second-order valence-corrected chi connectivity index (χ2v) is 3.91. The van der Waals surface area contributed by atoms with Crippen molar-refractivity contribution in [3.8, 4) is 0 Å². The van der Waals surface area contributed by atoms with Gasteiger partial charge in [-0.25, -0.2) is 9.97 Å². The topological polar surface area (TPSA) is 29.0 Å². The Balaban J connectivity index is 2.16. The van der Waals surface area contributed by atoms with Gasteiger partial charge in [-0.15, -0.1) is 11.6 Å². The molecule has 1 saturated heterocycles. The number of nitrogens with zero attached hydrogens (tertiary/aromatic N) is 3. The van der Waals surface area contributed by atoms with Crippen LogP contribution < -0.4 is 4.90 Å². The number of rotatable bonds is 1. The van der Waals surface area contributed by atoms with Crippen molar-refractivity contribution in [2.75, 3.05) is 18.0 Å². The van der Waals surface area contributed by atoms with E-state index in [1.807, 2.05) is 13.0 Å². The predicted octanol–water partition coefficient (Wildman–Crippen LogP) is 1.60. The molecule has 3 nitrogen and oxygen atoms in total. The molecule has 2 rings (SSSR count). The van der Waals surface area contributed by atoms with Gasteiger partial charge in [-0.3, -0.25) is 0 Å². The second kappa shape index (κ2) is 3.50. The molecule has 1 aliphatic rings. The Labute approximate surface area is 82.8 Å². The van der Waals surface area contributed by atoms with Crippen LogP contribution in [-0.2, 0) is 0 Å². The number of alkyl halides is 1. The third-order valence-corrected chi connectivity index (χ3v) is 2.57. The van der Waals surface area contributed by atoms with Crippen molar-refractivity contribution in [3.05, 3.63) is 18.1 Å². The van der Waals surface area contributed by atoms with Crippen molar-refractivity contribution < 1.29 is 0 Å². The lowest BCUT2D eigenvalue weighted by Gasteiger charge is -2.16. The lowest BCUT2D eigenvalue weighted by molar-refractivity contribution is 0.910. The Hall–Kier alpha value is -0.830. The van der Waals surface area contributed by atoms with Gasteiger partial charge in [0, 0.05) is 19.3 Å². The molecule has 0 aliphatic carbocycles. The van der Waals surface area contributed by atoms with Gasteiger partial charge >= 0.3 is 0 Å². The molecule has 1 atom stereocenters. The summed E-state index contributed by atoms with van der Waals surface area (Å²) in [5.41, 5.74) is 0. The van der Waals surface area contributed by atoms with E-state index in [4.69, 9.17) is 11.6 Å². The molecule has 0 bridgehead atoms. The molecule has 0 saturated carbocycles. The molecule has 1 fully saturated rings. The van der Waals surface area contributed by atoms with Gasteiger partial charge in [-0.05, 0) is 19.4 Å². The zero-order valence-corrected chi connectivity index (χ0v) is 8.33. The summed E-state index contributed by atoms with van der Waals surface area (Å²) in [6, 6.07) is 1.93. The van der Waals surface area contributed by atoms with Gasteiger partial charge in [0.15, 0.2) is 0 Å². The van der Waals surface area contributed by atoms with Crippen LogP contribution in [0.3, 0.4) is 0 Å². The Morgan fingerprint density at radius 2 is 2.46 bits per heavy atom. The smallest absolute Gasteiger partial charge is 0.132 e. The highest BCUT2D eigenvalue weighted by Crippen LogP contribution is 2.20. The fourth-order valence-corrected chi connectivity index (χ4v) is 1.81.